The molecule has 0 aromatic heterocycles. The molecule has 1 aromatic carbocycles. The molecule has 1 rings (SSSR count). The largest absolute Gasteiger partial charge is 0.384 e. The van der Waals surface area contributed by atoms with Crippen molar-refractivity contribution in [2.45, 2.75) is 17.7 Å². The highest BCUT2D eigenvalue weighted by molar-refractivity contribution is 7.98. The summed E-state index contributed by atoms with van der Waals surface area (Å²) in [4.78, 5) is 0.158. The van der Waals surface area contributed by atoms with E-state index in [2.05, 4.69) is 16.6 Å². The second kappa shape index (κ2) is 9.03. The van der Waals surface area contributed by atoms with Crippen molar-refractivity contribution in [2.24, 2.45) is 0 Å². The summed E-state index contributed by atoms with van der Waals surface area (Å²) in [7, 11) is -3.55. The van der Waals surface area contributed by atoms with Gasteiger partial charge in [0.15, 0.2) is 0 Å². The number of aliphatic hydroxyl groups is 1. The number of hydrogen-bond acceptors (Lipinski definition) is 4. The minimum atomic E-state index is -3.55. The first kappa shape index (κ1) is 17.1. The lowest BCUT2D eigenvalue weighted by molar-refractivity contribution is 0.350. The van der Waals surface area contributed by atoms with Crippen LogP contribution in [0.3, 0.4) is 0 Å². The molecule has 4 nitrogen and oxygen atoms in total. The molecule has 2 N–H and O–H groups in total. The zero-order chi connectivity index (χ0) is 14.8. The van der Waals surface area contributed by atoms with Crippen LogP contribution < -0.4 is 4.72 Å². The maximum atomic E-state index is 12.2. The number of thioether (sulfide) groups is 1. The molecule has 0 amide bonds. The molecule has 0 saturated heterocycles. The number of rotatable bonds is 7. The zero-order valence-corrected chi connectivity index (χ0v) is 13.1. The normalized spacial score (nSPS) is 10.9. The first-order valence-electron chi connectivity index (χ1n) is 6.29. The Morgan fingerprint density at radius 2 is 2.05 bits per heavy atom. The Labute approximate surface area is 125 Å². The molecule has 0 atom stereocenters. The van der Waals surface area contributed by atoms with Crippen molar-refractivity contribution in [3.05, 3.63) is 29.8 Å². The van der Waals surface area contributed by atoms with Crippen molar-refractivity contribution < 1.29 is 13.5 Å². The van der Waals surface area contributed by atoms with E-state index in [0.717, 1.165) is 18.6 Å². The van der Waals surface area contributed by atoms with Gasteiger partial charge < -0.3 is 5.11 Å². The molecule has 0 fully saturated rings. The molecule has 1 aromatic rings. The Kier molecular flexibility index (Phi) is 7.70. The maximum Gasteiger partial charge on any atom is 0.241 e. The van der Waals surface area contributed by atoms with Crippen LogP contribution >= 0.6 is 11.8 Å². The molecule has 0 aliphatic carbocycles. The van der Waals surface area contributed by atoms with Crippen LogP contribution in [-0.4, -0.2) is 38.7 Å². The second-order valence-electron chi connectivity index (χ2n) is 4.05. The molecule has 6 heteroatoms. The molecule has 110 valence electrons. The first-order valence-corrected chi connectivity index (χ1v) is 9.17. The molecule has 0 radical (unpaired) electrons. The number of benzene rings is 1. The van der Waals surface area contributed by atoms with Crippen molar-refractivity contribution >= 4 is 21.8 Å². The van der Waals surface area contributed by atoms with E-state index in [0.29, 0.717) is 12.1 Å². The standard InChI is InChI=1S/C14H19NO3S2/c1-19-12-5-4-10-15-20(17,18)14-9-3-2-7-13(14)8-6-11-16/h2-3,7,9,15-16H,4-5,10-12H2,1H3. The van der Waals surface area contributed by atoms with Gasteiger partial charge in [0.25, 0.3) is 0 Å². The lowest BCUT2D eigenvalue weighted by Gasteiger charge is -2.08. The van der Waals surface area contributed by atoms with Crippen LogP contribution in [0.5, 0.6) is 0 Å². The summed E-state index contributed by atoms with van der Waals surface area (Å²) in [5.74, 6) is 6.16. The highest BCUT2D eigenvalue weighted by Crippen LogP contribution is 2.14. The van der Waals surface area contributed by atoms with Crippen molar-refractivity contribution in [3.8, 4) is 11.8 Å². The Morgan fingerprint density at radius 3 is 2.75 bits per heavy atom. The molecular formula is C14H19NO3S2. The van der Waals surface area contributed by atoms with E-state index in [1.165, 1.54) is 6.07 Å². The van der Waals surface area contributed by atoms with Gasteiger partial charge in [0.2, 0.25) is 10.0 Å². The van der Waals surface area contributed by atoms with Crippen LogP contribution in [0.4, 0.5) is 0 Å². The van der Waals surface area contributed by atoms with Crippen LogP contribution in [0.1, 0.15) is 18.4 Å². The molecule has 0 unspecified atom stereocenters. The van der Waals surface area contributed by atoms with E-state index in [4.69, 9.17) is 5.11 Å². The molecule has 0 saturated carbocycles. The van der Waals surface area contributed by atoms with Gasteiger partial charge in [0, 0.05) is 12.1 Å². The Hall–Kier alpha value is -1.00. The summed E-state index contributed by atoms with van der Waals surface area (Å²) in [6, 6.07) is 6.53. The van der Waals surface area contributed by atoms with Gasteiger partial charge >= 0.3 is 0 Å². The van der Waals surface area contributed by atoms with Crippen molar-refractivity contribution in [3.63, 3.8) is 0 Å². The average Bonchev–Trinajstić information content (AvgIpc) is 2.45. The van der Waals surface area contributed by atoms with Crippen LogP contribution in [0.2, 0.25) is 0 Å². The van der Waals surface area contributed by atoms with Gasteiger partial charge in [-0.15, -0.1) is 0 Å². The third-order valence-electron chi connectivity index (χ3n) is 2.55. The summed E-state index contributed by atoms with van der Waals surface area (Å²) < 4.78 is 27.0. The van der Waals surface area contributed by atoms with Crippen molar-refractivity contribution in [1.29, 1.82) is 0 Å². The summed E-state index contributed by atoms with van der Waals surface area (Å²) in [5.41, 5.74) is 0.401. The zero-order valence-electron chi connectivity index (χ0n) is 11.4. The van der Waals surface area contributed by atoms with Gasteiger partial charge in [-0.25, -0.2) is 13.1 Å². The summed E-state index contributed by atoms with van der Waals surface area (Å²) in [5, 5.41) is 8.70. The lowest BCUT2D eigenvalue weighted by atomic mass is 10.2. The van der Waals surface area contributed by atoms with Crippen LogP contribution in [0, 0.1) is 11.8 Å². The number of hydrogen-bond donors (Lipinski definition) is 2. The van der Waals surface area contributed by atoms with Crippen molar-refractivity contribution in [1.82, 2.24) is 4.72 Å². The predicted molar refractivity (Wildman–Crippen MR) is 83.2 cm³/mol. The van der Waals surface area contributed by atoms with Gasteiger partial charge in [-0.1, -0.05) is 24.0 Å². The van der Waals surface area contributed by atoms with Gasteiger partial charge in [-0.3, -0.25) is 0 Å². The minimum absolute atomic E-state index is 0.158. The Balaban J connectivity index is 2.77. The molecule has 0 bridgehead atoms. The average molecular weight is 313 g/mol. The fraction of sp³-hybridized carbons (Fsp3) is 0.429. The smallest absolute Gasteiger partial charge is 0.241 e. The molecule has 0 aliphatic heterocycles. The number of sulfonamides is 1. The van der Waals surface area contributed by atoms with Gasteiger partial charge in [-0.2, -0.15) is 11.8 Å². The topological polar surface area (TPSA) is 66.4 Å². The predicted octanol–water partition coefficient (Wildman–Crippen LogP) is 1.45. The van der Waals surface area contributed by atoms with E-state index in [-0.39, 0.29) is 11.5 Å². The summed E-state index contributed by atoms with van der Waals surface area (Å²) >= 11 is 1.75. The number of unbranched alkanes of at least 4 members (excludes halogenated alkanes) is 1. The van der Waals surface area contributed by atoms with Gasteiger partial charge in [0.1, 0.15) is 6.61 Å². The third kappa shape index (κ3) is 5.55. The summed E-state index contributed by atoms with van der Waals surface area (Å²) in [6.07, 6.45) is 3.82. The fourth-order valence-corrected chi connectivity index (χ4v) is 3.32. The van der Waals surface area contributed by atoms with Crippen LogP contribution in [0.15, 0.2) is 29.2 Å². The van der Waals surface area contributed by atoms with E-state index in [1.54, 1.807) is 30.0 Å². The highest BCUT2D eigenvalue weighted by Gasteiger charge is 2.16. The van der Waals surface area contributed by atoms with E-state index in [1.807, 2.05) is 6.26 Å². The number of aliphatic hydroxyl groups excluding tert-OH is 1. The molecule has 0 heterocycles. The van der Waals surface area contributed by atoms with Crippen LogP contribution in [-0.2, 0) is 10.0 Å². The lowest BCUT2D eigenvalue weighted by Crippen LogP contribution is -2.25. The monoisotopic (exact) mass is 313 g/mol. The second-order valence-corrected chi connectivity index (χ2v) is 6.77. The van der Waals surface area contributed by atoms with Crippen molar-refractivity contribution in [2.75, 3.05) is 25.2 Å². The molecule has 0 aliphatic rings. The van der Waals surface area contributed by atoms with Crippen LogP contribution in [0.25, 0.3) is 0 Å². The Morgan fingerprint density at radius 1 is 1.30 bits per heavy atom. The van der Waals surface area contributed by atoms with E-state index in [9.17, 15) is 8.42 Å². The van der Waals surface area contributed by atoms with E-state index >= 15 is 0 Å². The quantitative estimate of drug-likeness (QED) is 0.591. The summed E-state index contributed by atoms with van der Waals surface area (Å²) in [6.45, 7) is 0.126. The molecular weight excluding hydrogens is 294 g/mol. The molecule has 0 spiro atoms. The Bertz CT molecular complexity index is 574. The fourth-order valence-electron chi connectivity index (χ4n) is 1.59. The van der Waals surface area contributed by atoms with Gasteiger partial charge in [-0.05, 0) is 37.0 Å². The molecule has 20 heavy (non-hydrogen) atoms. The first-order chi connectivity index (χ1) is 9.61. The highest BCUT2D eigenvalue weighted by atomic mass is 32.2. The van der Waals surface area contributed by atoms with E-state index < -0.39 is 10.0 Å². The SMILES string of the molecule is CSCCCCNS(=O)(=O)c1ccccc1C#CCO. The third-order valence-corrected chi connectivity index (χ3v) is 4.76. The number of nitrogens with one attached hydrogen (secondary N) is 1. The maximum absolute atomic E-state index is 12.2. The van der Waals surface area contributed by atoms with Gasteiger partial charge in [0.05, 0.1) is 4.90 Å². The minimum Gasteiger partial charge on any atom is -0.384 e.